The Morgan fingerprint density at radius 3 is 1.25 bits per heavy atom. The molecule has 0 saturated heterocycles. The molecule has 0 rings (SSSR count). The maximum Gasteiger partial charge on any atom is 0.277 e. The molecule has 68 valence electrons. The van der Waals surface area contributed by atoms with Gasteiger partial charge in [0.15, 0.2) is 5.78 Å². The van der Waals surface area contributed by atoms with Gasteiger partial charge in [0, 0.05) is 0 Å². The highest BCUT2D eigenvalue weighted by molar-refractivity contribution is 6.07. The third kappa shape index (κ3) is 2.48. The molecule has 0 heterocycles. The highest BCUT2D eigenvalue weighted by Crippen LogP contribution is 2.16. The third-order valence-corrected chi connectivity index (χ3v) is 1.25. The zero-order valence-electron chi connectivity index (χ0n) is 6.42. The molecule has 0 unspecified atom stereocenters. The molecule has 1 nitrogen and oxygen atoms in total. The molecule has 0 amide bonds. The quantitative estimate of drug-likeness (QED) is 0.474. The van der Waals surface area contributed by atoms with Crippen LogP contribution in [0.25, 0.3) is 0 Å². The van der Waals surface area contributed by atoms with Crippen LogP contribution >= 0.6 is 0 Å². The number of hydrogen-bond acceptors (Lipinski definition) is 1. The van der Waals surface area contributed by atoms with Crippen LogP contribution in [0.1, 0.15) is 13.8 Å². The van der Waals surface area contributed by atoms with Crippen molar-refractivity contribution in [3.8, 4) is 0 Å². The standard InChI is InChI=1S/C7H6F4O/c1-3(6(8)9)5(12)4(2)7(10)11/h1-2H3. The number of hydrogen-bond donors (Lipinski definition) is 0. The first-order valence-corrected chi connectivity index (χ1v) is 2.96. The summed E-state index contributed by atoms with van der Waals surface area (Å²) < 4.78 is 46.8. The number of carbonyl (C=O) groups is 1. The van der Waals surface area contributed by atoms with Gasteiger partial charge >= 0.3 is 0 Å². The van der Waals surface area contributed by atoms with Gasteiger partial charge in [-0.1, -0.05) is 0 Å². The van der Waals surface area contributed by atoms with Crippen LogP contribution in [0.3, 0.4) is 0 Å². The number of rotatable bonds is 2. The number of ketones is 1. The van der Waals surface area contributed by atoms with Crippen LogP contribution in [0, 0.1) is 0 Å². The van der Waals surface area contributed by atoms with Crippen LogP contribution in [0.2, 0.25) is 0 Å². The van der Waals surface area contributed by atoms with E-state index in [1.165, 1.54) is 0 Å². The van der Waals surface area contributed by atoms with Crippen LogP contribution in [0.5, 0.6) is 0 Å². The molecule has 0 saturated carbocycles. The minimum Gasteiger partial charge on any atom is -0.289 e. The summed E-state index contributed by atoms with van der Waals surface area (Å²) in [6, 6.07) is 0. The Bertz CT molecular complexity index is 231. The van der Waals surface area contributed by atoms with Gasteiger partial charge < -0.3 is 0 Å². The molecule has 0 aliphatic heterocycles. The number of halogens is 4. The SMILES string of the molecule is CC(C(=O)C(C)=C(F)F)=C(F)F. The van der Waals surface area contributed by atoms with E-state index >= 15 is 0 Å². The number of carbonyl (C=O) groups excluding carboxylic acids is 1. The van der Waals surface area contributed by atoms with Gasteiger partial charge in [-0.3, -0.25) is 4.79 Å². The van der Waals surface area contributed by atoms with Crippen molar-refractivity contribution in [2.75, 3.05) is 0 Å². The van der Waals surface area contributed by atoms with E-state index < -0.39 is 29.1 Å². The average molecular weight is 182 g/mol. The normalized spacial score (nSPS) is 9.17. The second-order valence-electron chi connectivity index (χ2n) is 2.10. The number of allylic oxidation sites excluding steroid dienone is 2. The van der Waals surface area contributed by atoms with Crippen molar-refractivity contribution < 1.29 is 22.4 Å². The van der Waals surface area contributed by atoms with E-state index in [0.717, 1.165) is 13.8 Å². The molecular formula is C7H6F4O. The van der Waals surface area contributed by atoms with Crippen molar-refractivity contribution in [1.82, 2.24) is 0 Å². The Balaban J connectivity index is 4.90. The Morgan fingerprint density at radius 1 is 0.833 bits per heavy atom. The molecule has 0 atom stereocenters. The first-order chi connectivity index (χ1) is 5.37. The zero-order chi connectivity index (χ0) is 9.89. The lowest BCUT2D eigenvalue weighted by molar-refractivity contribution is -0.112. The fraction of sp³-hybridized carbons (Fsp3) is 0.286. The molecule has 0 radical (unpaired) electrons. The summed E-state index contributed by atoms with van der Waals surface area (Å²) in [5.41, 5.74) is -1.89. The van der Waals surface area contributed by atoms with Crippen molar-refractivity contribution >= 4 is 5.78 Å². The van der Waals surface area contributed by atoms with Gasteiger partial charge in [0.1, 0.15) is 0 Å². The molecule has 0 N–H and O–H groups in total. The van der Waals surface area contributed by atoms with Crippen molar-refractivity contribution in [2.45, 2.75) is 13.8 Å². The molecular weight excluding hydrogens is 176 g/mol. The highest BCUT2D eigenvalue weighted by atomic mass is 19.3. The van der Waals surface area contributed by atoms with Gasteiger partial charge in [0.25, 0.3) is 12.2 Å². The third-order valence-electron chi connectivity index (χ3n) is 1.25. The van der Waals surface area contributed by atoms with Gasteiger partial charge in [-0.25, -0.2) is 0 Å². The van der Waals surface area contributed by atoms with E-state index in [1.807, 2.05) is 0 Å². The monoisotopic (exact) mass is 182 g/mol. The summed E-state index contributed by atoms with van der Waals surface area (Å²) in [4.78, 5) is 10.7. The fourth-order valence-electron chi connectivity index (χ4n) is 0.453. The Kier molecular flexibility index (Phi) is 3.66. The van der Waals surface area contributed by atoms with Crippen molar-refractivity contribution in [3.63, 3.8) is 0 Å². The lowest BCUT2D eigenvalue weighted by atomic mass is 10.1. The molecule has 0 aliphatic rings. The lowest BCUT2D eigenvalue weighted by Gasteiger charge is -1.97. The minimum absolute atomic E-state index is 0.796. The maximum atomic E-state index is 11.7. The van der Waals surface area contributed by atoms with Crippen LogP contribution in [0.4, 0.5) is 17.6 Å². The maximum absolute atomic E-state index is 11.7. The van der Waals surface area contributed by atoms with E-state index in [9.17, 15) is 22.4 Å². The van der Waals surface area contributed by atoms with E-state index in [4.69, 9.17) is 0 Å². The summed E-state index contributed by atoms with van der Waals surface area (Å²) in [5, 5.41) is 0. The van der Waals surface area contributed by atoms with E-state index in [-0.39, 0.29) is 0 Å². The van der Waals surface area contributed by atoms with Crippen molar-refractivity contribution in [3.05, 3.63) is 23.3 Å². The summed E-state index contributed by atoms with van der Waals surface area (Å²) in [6.45, 7) is 1.59. The van der Waals surface area contributed by atoms with Crippen LogP contribution in [-0.4, -0.2) is 5.78 Å². The van der Waals surface area contributed by atoms with Gasteiger partial charge in [-0.2, -0.15) is 17.6 Å². The zero-order valence-corrected chi connectivity index (χ0v) is 6.42. The molecule has 0 spiro atoms. The number of Topliss-reactive ketones (excluding diaryl/α,β-unsaturated/α-hetero) is 1. The largest absolute Gasteiger partial charge is 0.289 e. The topological polar surface area (TPSA) is 17.1 Å². The van der Waals surface area contributed by atoms with E-state index in [2.05, 4.69) is 0 Å². The summed E-state index contributed by atoms with van der Waals surface area (Å²) in [5.74, 6) is -1.32. The van der Waals surface area contributed by atoms with Crippen LogP contribution < -0.4 is 0 Å². The Labute approximate surface area is 66.4 Å². The lowest BCUT2D eigenvalue weighted by Crippen LogP contribution is -2.02. The van der Waals surface area contributed by atoms with Gasteiger partial charge in [0.05, 0.1) is 11.1 Å². The van der Waals surface area contributed by atoms with Crippen molar-refractivity contribution in [1.29, 1.82) is 0 Å². The molecule has 0 aromatic heterocycles. The van der Waals surface area contributed by atoms with Gasteiger partial charge in [-0.05, 0) is 13.8 Å². The smallest absolute Gasteiger partial charge is 0.277 e. The molecule has 0 aromatic rings. The molecule has 0 aromatic carbocycles. The minimum atomic E-state index is -2.24. The van der Waals surface area contributed by atoms with Crippen LogP contribution in [0.15, 0.2) is 23.3 Å². The predicted octanol–water partition coefficient (Wildman–Crippen LogP) is 2.90. The first-order valence-electron chi connectivity index (χ1n) is 2.96. The Morgan fingerprint density at radius 2 is 1.08 bits per heavy atom. The first kappa shape index (κ1) is 10.9. The average Bonchev–Trinajstić information content (AvgIpc) is 2.00. The van der Waals surface area contributed by atoms with E-state index in [1.54, 1.807) is 0 Å². The summed E-state index contributed by atoms with van der Waals surface area (Å²) in [7, 11) is 0. The van der Waals surface area contributed by atoms with Crippen LogP contribution in [-0.2, 0) is 4.79 Å². The fourth-order valence-corrected chi connectivity index (χ4v) is 0.453. The molecule has 12 heavy (non-hydrogen) atoms. The highest BCUT2D eigenvalue weighted by Gasteiger charge is 2.16. The second-order valence-corrected chi connectivity index (χ2v) is 2.10. The summed E-state index contributed by atoms with van der Waals surface area (Å²) >= 11 is 0. The summed E-state index contributed by atoms with van der Waals surface area (Å²) in [6.07, 6.45) is -4.47. The molecule has 0 bridgehead atoms. The molecule has 5 heteroatoms. The van der Waals surface area contributed by atoms with Crippen molar-refractivity contribution in [2.24, 2.45) is 0 Å². The second kappa shape index (κ2) is 4.04. The predicted molar refractivity (Wildman–Crippen MR) is 34.8 cm³/mol. The van der Waals surface area contributed by atoms with Gasteiger partial charge in [0.2, 0.25) is 0 Å². The Hall–Kier alpha value is -1.13. The van der Waals surface area contributed by atoms with E-state index in [0.29, 0.717) is 0 Å². The molecule has 0 aliphatic carbocycles. The molecule has 0 fully saturated rings. The van der Waals surface area contributed by atoms with Gasteiger partial charge in [-0.15, -0.1) is 0 Å².